The quantitative estimate of drug-likeness (QED) is 0.735. The van der Waals surface area contributed by atoms with Crippen molar-refractivity contribution < 1.29 is 4.79 Å². The third-order valence-corrected chi connectivity index (χ3v) is 3.81. The van der Waals surface area contributed by atoms with E-state index in [9.17, 15) is 4.79 Å². The highest BCUT2D eigenvalue weighted by Gasteiger charge is 2.14. The van der Waals surface area contributed by atoms with E-state index >= 15 is 0 Å². The number of hydrogen-bond donors (Lipinski definition) is 1. The van der Waals surface area contributed by atoms with Crippen molar-refractivity contribution >= 4 is 50.7 Å². The molecule has 0 bridgehead atoms. The second kappa shape index (κ2) is 7.11. The predicted molar refractivity (Wildman–Crippen MR) is 88.4 cm³/mol. The zero-order valence-corrected chi connectivity index (χ0v) is 13.6. The van der Waals surface area contributed by atoms with Crippen LogP contribution in [0.2, 0.25) is 10.0 Å². The van der Waals surface area contributed by atoms with Gasteiger partial charge in [0.1, 0.15) is 0 Å². The maximum atomic E-state index is 12.2. The van der Waals surface area contributed by atoms with E-state index in [0.717, 1.165) is 11.8 Å². The van der Waals surface area contributed by atoms with Crippen LogP contribution in [0.4, 0.5) is 5.69 Å². The van der Waals surface area contributed by atoms with Gasteiger partial charge in [0.15, 0.2) is 0 Å². The SMILES string of the molecule is O=C(Nc1ccc(CCBr)cc1)c1c(Cl)cccc1Cl. The van der Waals surface area contributed by atoms with Crippen LogP contribution in [-0.2, 0) is 6.42 Å². The van der Waals surface area contributed by atoms with Crippen LogP contribution in [-0.4, -0.2) is 11.2 Å². The molecular weight excluding hydrogens is 361 g/mol. The molecule has 0 unspecified atom stereocenters. The third kappa shape index (κ3) is 3.75. The highest BCUT2D eigenvalue weighted by Crippen LogP contribution is 2.25. The second-order valence-corrected chi connectivity index (χ2v) is 5.79. The van der Waals surface area contributed by atoms with Crippen LogP contribution >= 0.6 is 39.1 Å². The Morgan fingerprint density at radius 1 is 1.05 bits per heavy atom. The number of rotatable bonds is 4. The number of hydrogen-bond acceptors (Lipinski definition) is 1. The van der Waals surface area contributed by atoms with Crippen LogP contribution in [0, 0.1) is 0 Å². The Bertz CT molecular complexity index is 594. The molecule has 0 heterocycles. The lowest BCUT2D eigenvalue weighted by Crippen LogP contribution is -2.13. The molecule has 0 radical (unpaired) electrons. The Morgan fingerprint density at radius 2 is 1.65 bits per heavy atom. The molecule has 0 spiro atoms. The normalized spacial score (nSPS) is 10.3. The highest BCUT2D eigenvalue weighted by atomic mass is 79.9. The van der Waals surface area contributed by atoms with Gasteiger partial charge in [-0.05, 0) is 36.2 Å². The number of benzene rings is 2. The van der Waals surface area contributed by atoms with Gasteiger partial charge in [-0.1, -0.05) is 57.3 Å². The Labute approximate surface area is 136 Å². The number of halogens is 3. The number of nitrogens with one attached hydrogen (secondary N) is 1. The summed E-state index contributed by atoms with van der Waals surface area (Å²) in [5, 5.41) is 4.38. The molecule has 1 amide bonds. The molecule has 0 aliphatic heterocycles. The zero-order chi connectivity index (χ0) is 14.5. The van der Waals surface area contributed by atoms with Crippen molar-refractivity contribution in [3.05, 3.63) is 63.6 Å². The Kier molecular flexibility index (Phi) is 5.46. The topological polar surface area (TPSA) is 29.1 Å². The van der Waals surface area contributed by atoms with Gasteiger partial charge in [0, 0.05) is 11.0 Å². The Balaban J connectivity index is 2.15. The average molecular weight is 373 g/mol. The first-order valence-electron chi connectivity index (χ1n) is 6.02. The molecule has 0 atom stereocenters. The monoisotopic (exact) mass is 371 g/mol. The molecule has 5 heteroatoms. The zero-order valence-electron chi connectivity index (χ0n) is 10.5. The minimum atomic E-state index is -0.311. The molecule has 0 aromatic heterocycles. The van der Waals surface area contributed by atoms with Crippen LogP contribution in [0.15, 0.2) is 42.5 Å². The number of amides is 1. The van der Waals surface area contributed by atoms with Gasteiger partial charge < -0.3 is 5.32 Å². The number of carbonyl (C=O) groups is 1. The standard InChI is InChI=1S/C15H12BrCl2NO/c16-9-8-10-4-6-11(7-5-10)19-15(20)14-12(17)2-1-3-13(14)18/h1-7H,8-9H2,(H,19,20). The van der Waals surface area contributed by atoms with Crippen molar-refractivity contribution in [3.8, 4) is 0 Å². The lowest BCUT2D eigenvalue weighted by molar-refractivity contribution is 0.102. The number of carbonyl (C=O) groups excluding carboxylic acids is 1. The molecule has 0 aliphatic rings. The third-order valence-electron chi connectivity index (χ3n) is 2.78. The van der Waals surface area contributed by atoms with Gasteiger partial charge in [-0.3, -0.25) is 4.79 Å². The van der Waals surface area contributed by atoms with Crippen molar-refractivity contribution in [2.45, 2.75) is 6.42 Å². The molecule has 2 aromatic rings. The molecule has 104 valence electrons. The summed E-state index contributed by atoms with van der Waals surface area (Å²) in [6, 6.07) is 12.7. The first kappa shape index (κ1) is 15.4. The van der Waals surface area contributed by atoms with Gasteiger partial charge in [0.2, 0.25) is 0 Å². The fraction of sp³-hybridized carbons (Fsp3) is 0.133. The Morgan fingerprint density at radius 3 is 2.20 bits per heavy atom. The smallest absolute Gasteiger partial charge is 0.258 e. The maximum Gasteiger partial charge on any atom is 0.258 e. The van der Waals surface area contributed by atoms with Gasteiger partial charge in [-0.15, -0.1) is 0 Å². The van der Waals surface area contributed by atoms with Crippen molar-refractivity contribution in [1.82, 2.24) is 0 Å². The van der Waals surface area contributed by atoms with Gasteiger partial charge in [0.25, 0.3) is 5.91 Å². The van der Waals surface area contributed by atoms with Crippen LogP contribution in [0.3, 0.4) is 0 Å². The average Bonchev–Trinajstić information content (AvgIpc) is 2.41. The van der Waals surface area contributed by atoms with Gasteiger partial charge in [-0.25, -0.2) is 0 Å². The predicted octanol–water partition coefficient (Wildman–Crippen LogP) is 5.18. The molecule has 0 aliphatic carbocycles. The van der Waals surface area contributed by atoms with E-state index in [-0.39, 0.29) is 5.91 Å². The van der Waals surface area contributed by atoms with Crippen LogP contribution in [0.25, 0.3) is 0 Å². The summed E-state index contributed by atoms with van der Waals surface area (Å²) in [4.78, 5) is 12.2. The van der Waals surface area contributed by atoms with E-state index in [4.69, 9.17) is 23.2 Å². The highest BCUT2D eigenvalue weighted by molar-refractivity contribution is 9.09. The number of alkyl halides is 1. The van der Waals surface area contributed by atoms with Crippen LogP contribution < -0.4 is 5.32 Å². The molecular formula is C15H12BrCl2NO. The van der Waals surface area contributed by atoms with Crippen molar-refractivity contribution in [1.29, 1.82) is 0 Å². The second-order valence-electron chi connectivity index (χ2n) is 4.19. The van der Waals surface area contributed by atoms with E-state index in [1.165, 1.54) is 5.56 Å². The molecule has 20 heavy (non-hydrogen) atoms. The fourth-order valence-corrected chi connectivity index (χ4v) is 2.80. The van der Waals surface area contributed by atoms with Gasteiger partial charge in [0.05, 0.1) is 15.6 Å². The molecule has 2 aromatic carbocycles. The van der Waals surface area contributed by atoms with Crippen molar-refractivity contribution in [2.24, 2.45) is 0 Å². The number of anilines is 1. The van der Waals surface area contributed by atoms with Crippen molar-refractivity contribution in [3.63, 3.8) is 0 Å². The van der Waals surface area contributed by atoms with E-state index in [1.807, 2.05) is 24.3 Å². The minimum Gasteiger partial charge on any atom is -0.322 e. The lowest BCUT2D eigenvalue weighted by atomic mass is 10.1. The fourth-order valence-electron chi connectivity index (χ4n) is 1.77. The summed E-state index contributed by atoms with van der Waals surface area (Å²) in [7, 11) is 0. The first-order chi connectivity index (χ1) is 9.61. The van der Waals surface area contributed by atoms with E-state index in [1.54, 1.807) is 18.2 Å². The van der Waals surface area contributed by atoms with Crippen LogP contribution in [0.1, 0.15) is 15.9 Å². The minimum absolute atomic E-state index is 0.292. The van der Waals surface area contributed by atoms with E-state index in [0.29, 0.717) is 21.3 Å². The molecule has 0 fully saturated rings. The molecule has 1 N–H and O–H groups in total. The van der Waals surface area contributed by atoms with E-state index in [2.05, 4.69) is 21.2 Å². The van der Waals surface area contributed by atoms with Crippen LogP contribution in [0.5, 0.6) is 0 Å². The summed E-state index contributed by atoms with van der Waals surface area (Å²) < 4.78 is 0. The first-order valence-corrected chi connectivity index (χ1v) is 7.90. The number of aryl methyl sites for hydroxylation is 1. The Hall–Kier alpha value is -1.03. The lowest BCUT2D eigenvalue weighted by Gasteiger charge is -2.09. The summed E-state index contributed by atoms with van der Waals surface area (Å²) in [6.45, 7) is 0. The van der Waals surface area contributed by atoms with Crippen molar-refractivity contribution in [2.75, 3.05) is 10.6 Å². The van der Waals surface area contributed by atoms with E-state index < -0.39 is 0 Å². The summed E-state index contributed by atoms with van der Waals surface area (Å²) >= 11 is 15.4. The summed E-state index contributed by atoms with van der Waals surface area (Å²) in [6.07, 6.45) is 0.949. The van der Waals surface area contributed by atoms with Gasteiger partial charge in [-0.2, -0.15) is 0 Å². The van der Waals surface area contributed by atoms with Gasteiger partial charge >= 0.3 is 0 Å². The summed E-state index contributed by atoms with van der Waals surface area (Å²) in [5.41, 5.74) is 2.21. The molecule has 2 rings (SSSR count). The molecule has 2 nitrogen and oxygen atoms in total. The maximum absolute atomic E-state index is 12.2. The molecule has 0 saturated heterocycles. The largest absolute Gasteiger partial charge is 0.322 e. The summed E-state index contributed by atoms with van der Waals surface area (Å²) in [5.74, 6) is -0.311. The molecule has 0 saturated carbocycles.